The minimum Gasteiger partial charge on any atom is -0.489 e. The Balaban J connectivity index is 1.50. The van der Waals surface area contributed by atoms with Crippen molar-refractivity contribution in [3.05, 3.63) is 60.0 Å². The molecule has 2 aliphatic carbocycles. The molecule has 1 N–H and O–H groups in total. The lowest BCUT2D eigenvalue weighted by Crippen LogP contribution is -2.39. The summed E-state index contributed by atoms with van der Waals surface area (Å²) in [6.07, 6.45) is 5.91. The van der Waals surface area contributed by atoms with E-state index in [1.54, 1.807) is 30.5 Å². The first-order valence-electron chi connectivity index (χ1n) is 11.4. The van der Waals surface area contributed by atoms with Crippen LogP contribution in [-0.4, -0.2) is 30.4 Å². The van der Waals surface area contributed by atoms with Crippen molar-refractivity contribution in [3.63, 3.8) is 0 Å². The van der Waals surface area contributed by atoms with E-state index in [0.717, 1.165) is 18.5 Å². The first-order chi connectivity index (χ1) is 15.8. The molecule has 2 fully saturated rings. The van der Waals surface area contributed by atoms with Crippen molar-refractivity contribution in [2.75, 3.05) is 0 Å². The smallest absolute Gasteiger partial charge is 0.264 e. The van der Waals surface area contributed by atoms with Crippen LogP contribution in [0.1, 0.15) is 63.3 Å². The standard InChI is InChI=1S/C25H27N3O4S/c1-16(2)32-21-12-11-19(17-6-3-7-17)27-23(21)25(13-14-25)24(29)28-33(30,31)22-10-4-9-20-18(22)8-5-15-26-20/h4-5,8-12,15-17H,3,6-7,13-14H2,1-2H3,(H,28,29). The number of carbonyl (C=O) groups excluding carboxylic acids is 1. The fourth-order valence-corrected chi connectivity index (χ4v) is 5.63. The fraction of sp³-hybridized carbons (Fsp3) is 0.400. The Morgan fingerprint density at radius 1 is 1.12 bits per heavy atom. The third-order valence-corrected chi connectivity index (χ3v) is 7.92. The first-order valence-corrected chi connectivity index (χ1v) is 12.9. The third-order valence-electron chi connectivity index (χ3n) is 6.53. The second-order valence-corrected chi connectivity index (χ2v) is 10.9. The van der Waals surface area contributed by atoms with Crippen molar-refractivity contribution in [2.45, 2.75) is 68.3 Å². The lowest BCUT2D eigenvalue weighted by Gasteiger charge is -2.27. The van der Waals surface area contributed by atoms with Crippen molar-refractivity contribution in [1.82, 2.24) is 14.7 Å². The Bertz CT molecular complexity index is 1320. The predicted molar refractivity (Wildman–Crippen MR) is 125 cm³/mol. The van der Waals surface area contributed by atoms with Gasteiger partial charge in [0, 0.05) is 23.2 Å². The van der Waals surface area contributed by atoms with Crippen LogP contribution in [0.3, 0.4) is 0 Å². The van der Waals surface area contributed by atoms with Gasteiger partial charge in [-0.05, 0) is 75.9 Å². The van der Waals surface area contributed by atoms with E-state index in [0.29, 0.717) is 41.1 Å². The number of benzene rings is 1. The topological polar surface area (TPSA) is 98.2 Å². The highest BCUT2D eigenvalue weighted by Crippen LogP contribution is 2.52. The van der Waals surface area contributed by atoms with Crippen LogP contribution in [0.15, 0.2) is 53.6 Å². The molecule has 0 spiro atoms. The molecule has 2 aromatic heterocycles. The van der Waals surface area contributed by atoms with Crippen LogP contribution in [0.4, 0.5) is 0 Å². The molecule has 0 aliphatic heterocycles. The zero-order valence-electron chi connectivity index (χ0n) is 18.7. The van der Waals surface area contributed by atoms with Crippen molar-refractivity contribution >= 4 is 26.8 Å². The number of rotatable bonds is 7. The molecular weight excluding hydrogens is 438 g/mol. The van der Waals surface area contributed by atoms with Crippen molar-refractivity contribution < 1.29 is 17.9 Å². The molecule has 8 heteroatoms. The van der Waals surface area contributed by atoms with Crippen LogP contribution in [0.2, 0.25) is 0 Å². The van der Waals surface area contributed by atoms with Crippen LogP contribution in [0.5, 0.6) is 5.75 Å². The molecule has 0 saturated heterocycles. The van der Waals surface area contributed by atoms with Gasteiger partial charge in [0.15, 0.2) is 0 Å². The van der Waals surface area contributed by atoms with Gasteiger partial charge in [0.1, 0.15) is 5.75 Å². The molecule has 33 heavy (non-hydrogen) atoms. The summed E-state index contributed by atoms with van der Waals surface area (Å²) >= 11 is 0. The van der Waals surface area contributed by atoms with E-state index < -0.39 is 21.3 Å². The van der Waals surface area contributed by atoms with E-state index in [4.69, 9.17) is 9.72 Å². The molecule has 1 amide bonds. The number of hydrogen-bond donors (Lipinski definition) is 1. The molecule has 2 heterocycles. The lowest BCUT2D eigenvalue weighted by molar-refractivity contribution is -0.121. The largest absolute Gasteiger partial charge is 0.489 e. The number of nitrogens with one attached hydrogen (secondary N) is 1. The predicted octanol–water partition coefficient (Wildman–Crippen LogP) is 4.22. The van der Waals surface area contributed by atoms with Gasteiger partial charge in [-0.2, -0.15) is 0 Å². The number of aromatic nitrogens is 2. The molecule has 0 radical (unpaired) electrons. The van der Waals surface area contributed by atoms with Crippen molar-refractivity contribution in [2.24, 2.45) is 0 Å². The Labute approximate surface area is 193 Å². The quantitative estimate of drug-likeness (QED) is 0.561. The van der Waals surface area contributed by atoms with Gasteiger partial charge in [0.2, 0.25) is 5.91 Å². The molecule has 2 saturated carbocycles. The number of ether oxygens (including phenoxy) is 1. The number of carbonyl (C=O) groups is 1. The van der Waals surface area contributed by atoms with Crippen LogP contribution in [0.25, 0.3) is 10.9 Å². The summed E-state index contributed by atoms with van der Waals surface area (Å²) in [5, 5.41) is 0.471. The van der Waals surface area contributed by atoms with Crippen LogP contribution < -0.4 is 9.46 Å². The summed E-state index contributed by atoms with van der Waals surface area (Å²) in [7, 11) is -4.10. The zero-order valence-corrected chi connectivity index (χ0v) is 19.6. The van der Waals surface area contributed by atoms with E-state index >= 15 is 0 Å². The van der Waals surface area contributed by atoms with Gasteiger partial charge in [-0.15, -0.1) is 0 Å². The van der Waals surface area contributed by atoms with Crippen LogP contribution in [0, 0.1) is 0 Å². The highest BCUT2D eigenvalue weighted by molar-refractivity contribution is 7.90. The van der Waals surface area contributed by atoms with E-state index in [1.807, 2.05) is 26.0 Å². The number of amides is 1. The van der Waals surface area contributed by atoms with Gasteiger partial charge in [0.05, 0.1) is 27.6 Å². The van der Waals surface area contributed by atoms with E-state index in [-0.39, 0.29) is 11.0 Å². The van der Waals surface area contributed by atoms with Crippen LogP contribution >= 0.6 is 0 Å². The number of hydrogen-bond acceptors (Lipinski definition) is 6. The molecule has 1 aromatic carbocycles. The highest BCUT2D eigenvalue weighted by atomic mass is 32.2. The molecule has 3 aromatic rings. The molecule has 0 bridgehead atoms. The summed E-state index contributed by atoms with van der Waals surface area (Å²) in [5.41, 5.74) is 1.05. The number of sulfonamides is 1. The van der Waals surface area contributed by atoms with Crippen molar-refractivity contribution in [3.8, 4) is 5.75 Å². The average Bonchev–Trinajstić information content (AvgIpc) is 3.54. The first kappa shape index (κ1) is 21.8. The summed E-state index contributed by atoms with van der Waals surface area (Å²) in [6, 6.07) is 12.1. The minimum absolute atomic E-state index is 0.0343. The molecule has 0 unspecified atom stereocenters. The van der Waals surface area contributed by atoms with Gasteiger partial charge < -0.3 is 4.74 Å². The number of pyridine rings is 2. The van der Waals surface area contributed by atoms with Gasteiger partial charge in [-0.25, -0.2) is 13.1 Å². The molecule has 5 rings (SSSR count). The summed E-state index contributed by atoms with van der Waals surface area (Å²) in [5.74, 6) is 0.380. The minimum atomic E-state index is -4.10. The Kier molecular flexibility index (Phi) is 5.35. The normalized spacial score (nSPS) is 17.5. The zero-order chi connectivity index (χ0) is 23.2. The number of fused-ring (bicyclic) bond motifs is 1. The maximum atomic E-state index is 13.5. The molecule has 7 nitrogen and oxygen atoms in total. The Morgan fingerprint density at radius 3 is 2.58 bits per heavy atom. The summed E-state index contributed by atoms with van der Waals surface area (Å²) in [4.78, 5) is 22.6. The Hall–Kier alpha value is -3.00. The molecule has 0 atom stereocenters. The monoisotopic (exact) mass is 465 g/mol. The molecular formula is C25H27N3O4S. The van der Waals surface area contributed by atoms with Crippen molar-refractivity contribution in [1.29, 1.82) is 0 Å². The second kappa shape index (κ2) is 8.09. The highest BCUT2D eigenvalue weighted by Gasteiger charge is 2.55. The third kappa shape index (κ3) is 3.97. The van der Waals surface area contributed by atoms with E-state index in [1.165, 1.54) is 12.5 Å². The maximum Gasteiger partial charge on any atom is 0.264 e. The lowest BCUT2D eigenvalue weighted by atomic mass is 9.82. The molecule has 172 valence electrons. The van der Waals surface area contributed by atoms with Gasteiger partial charge in [-0.1, -0.05) is 12.5 Å². The van der Waals surface area contributed by atoms with E-state index in [9.17, 15) is 13.2 Å². The van der Waals surface area contributed by atoms with Gasteiger partial charge in [0.25, 0.3) is 10.0 Å². The average molecular weight is 466 g/mol. The maximum absolute atomic E-state index is 13.5. The summed E-state index contributed by atoms with van der Waals surface area (Å²) < 4.78 is 34.8. The summed E-state index contributed by atoms with van der Waals surface area (Å²) in [6.45, 7) is 3.84. The Morgan fingerprint density at radius 2 is 1.91 bits per heavy atom. The second-order valence-electron chi connectivity index (χ2n) is 9.22. The molecule has 2 aliphatic rings. The van der Waals surface area contributed by atoms with Gasteiger partial charge >= 0.3 is 0 Å². The van der Waals surface area contributed by atoms with Gasteiger partial charge in [-0.3, -0.25) is 14.8 Å². The number of nitrogens with zero attached hydrogens (tertiary/aromatic N) is 2. The van der Waals surface area contributed by atoms with Crippen LogP contribution in [-0.2, 0) is 20.2 Å². The van der Waals surface area contributed by atoms with E-state index in [2.05, 4.69) is 9.71 Å². The SMILES string of the molecule is CC(C)Oc1ccc(C2CCC2)nc1C1(C(=O)NS(=O)(=O)c2cccc3ncccc23)CC1. The fourth-order valence-electron chi connectivity index (χ4n) is 4.37.